The Kier molecular flexibility index (Phi) is 9.59. The number of hydrogen-bond donors (Lipinski definition) is 0. The van der Waals surface area contributed by atoms with E-state index in [1.54, 1.807) is 50.2 Å². The van der Waals surface area contributed by atoms with E-state index in [9.17, 15) is 22.8 Å². The Morgan fingerprint density at radius 2 is 1.64 bits per heavy atom. The van der Waals surface area contributed by atoms with Crippen LogP contribution in [0.3, 0.4) is 0 Å². The molecule has 1 aromatic heterocycles. The average Bonchev–Trinajstić information content (AvgIpc) is 3.64. The Morgan fingerprint density at radius 1 is 1.00 bits per heavy atom. The summed E-state index contributed by atoms with van der Waals surface area (Å²) >= 11 is 0. The third-order valence-corrected chi connectivity index (χ3v) is 8.62. The van der Waals surface area contributed by atoms with E-state index in [1.165, 1.54) is 18.9 Å². The van der Waals surface area contributed by atoms with Crippen LogP contribution in [0, 0.1) is 13.8 Å². The topological polar surface area (TPSA) is 86.1 Å². The highest BCUT2D eigenvalue weighted by atomic mass is 19.4. The summed E-state index contributed by atoms with van der Waals surface area (Å²) in [5, 5.41) is 4.40. The number of rotatable bonds is 11. The summed E-state index contributed by atoms with van der Waals surface area (Å²) in [6.45, 7) is 2.41. The van der Waals surface area contributed by atoms with Crippen molar-refractivity contribution in [1.82, 2.24) is 19.6 Å². The zero-order valence-electron chi connectivity index (χ0n) is 26.0. The summed E-state index contributed by atoms with van der Waals surface area (Å²) in [6.07, 6.45) is -0.284. The molecular formula is C33H39F3N4O5. The van der Waals surface area contributed by atoms with Gasteiger partial charge in [0, 0.05) is 37.3 Å². The van der Waals surface area contributed by atoms with Crippen LogP contribution >= 0.6 is 0 Å². The molecule has 45 heavy (non-hydrogen) atoms. The van der Waals surface area contributed by atoms with Crippen molar-refractivity contribution in [3.63, 3.8) is 0 Å². The predicted octanol–water partition coefficient (Wildman–Crippen LogP) is 6.37. The maximum atomic E-state index is 14.6. The van der Waals surface area contributed by atoms with Crippen LogP contribution in [0.2, 0.25) is 0 Å². The molecule has 3 aromatic rings. The van der Waals surface area contributed by atoms with Crippen LogP contribution in [0.1, 0.15) is 60.5 Å². The van der Waals surface area contributed by atoms with Crippen LogP contribution < -0.4 is 14.2 Å². The summed E-state index contributed by atoms with van der Waals surface area (Å²) < 4.78 is 62.7. The van der Waals surface area contributed by atoms with Gasteiger partial charge in [-0.2, -0.15) is 18.3 Å². The number of methoxy groups -OCH3 is 2. The van der Waals surface area contributed by atoms with Crippen molar-refractivity contribution >= 4 is 11.9 Å². The number of amides is 3. The lowest BCUT2D eigenvalue weighted by Crippen LogP contribution is -2.54. The first-order valence-electron chi connectivity index (χ1n) is 15.2. The van der Waals surface area contributed by atoms with Gasteiger partial charge in [-0.05, 0) is 75.8 Å². The van der Waals surface area contributed by atoms with Crippen LogP contribution in [0.25, 0.3) is 5.69 Å². The van der Waals surface area contributed by atoms with Crippen molar-refractivity contribution < 1.29 is 37.0 Å². The van der Waals surface area contributed by atoms with Crippen molar-refractivity contribution in [2.75, 3.05) is 33.9 Å². The van der Waals surface area contributed by atoms with Crippen molar-refractivity contribution in [2.45, 2.75) is 70.6 Å². The first-order chi connectivity index (χ1) is 21.5. The van der Waals surface area contributed by atoms with Crippen molar-refractivity contribution in [3.05, 3.63) is 65.0 Å². The number of urea groups is 1. The van der Waals surface area contributed by atoms with E-state index >= 15 is 0 Å². The van der Waals surface area contributed by atoms with E-state index < -0.39 is 30.6 Å². The van der Waals surface area contributed by atoms with Gasteiger partial charge in [0.05, 0.1) is 31.7 Å². The van der Waals surface area contributed by atoms with E-state index in [4.69, 9.17) is 14.2 Å². The van der Waals surface area contributed by atoms with Gasteiger partial charge < -0.3 is 19.1 Å². The molecule has 1 unspecified atom stereocenters. The van der Waals surface area contributed by atoms with Crippen LogP contribution in [0.15, 0.2) is 42.5 Å². The minimum Gasteiger partial charge on any atom is -0.493 e. The van der Waals surface area contributed by atoms with Crippen LogP contribution in [-0.2, 0) is 11.2 Å². The zero-order valence-corrected chi connectivity index (χ0v) is 26.0. The van der Waals surface area contributed by atoms with Gasteiger partial charge in [0.15, 0.2) is 11.5 Å². The molecule has 0 radical (unpaired) electrons. The fourth-order valence-corrected chi connectivity index (χ4v) is 6.30. The van der Waals surface area contributed by atoms with Gasteiger partial charge in [-0.25, -0.2) is 9.48 Å². The molecular weight excluding hydrogens is 589 g/mol. The lowest BCUT2D eigenvalue weighted by atomic mass is 9.95. The van der Waals surface area contributed by atoms with Crippen molar-refractivity contribution in [3.8, 4) is 22.9 Å². The molecule has 1 aliphatic carbocycles. The lowest BCUT2D eigenvalue weighted by molar-refractivity contribution is -0.154. The number of hydrogen-bond acceptors (Lipinski definition) is 6. The average molecular weight is 629 g/mol. The number of alkyl halides is 3. The quantitative estimate of drug-likeness (QED) is 0.245. The van der Waals surface area contributed by atoms with Gasteiger partial charge >= 0.3 is 12.2 Å². The number of carbonyl (C=O) groups is 2. The second-order valence-corrected chi connectivity index (χ2v) is 11.6. The Labute approximate surface area is 260 Å². The molecule has 12 heteroatoms. The number of carbonyl (C=O) groups excluding carboxylic acids is 2. The Hall–Kier alpha value is -4.22. The normalized spacial score (nSPS) is 16.8. The smallest absolute Gasteiger partial charge is 0.397 e. The Bertz CT molecular complexity index is 1490. The minimum absolute atomic E-state index is 0.00994. The lowest BCUT2D eigenvalue weighted by Gasteiger charge is -2.36. The van der Waals surface area contributed by atoms with E-state index in [2.05, 4.69) is 5.10 Å². The summed E-state index contributed by atoms with van der Waals surface area (Å²) in [7, 11) is 3.05. The van der Waals surface area contributed by atoms with Gasteiger partial charge in [0.25, 0.3) is 0 Å². The first-order valence-corrected chi connectivity index (χ1v) is 15.2. The highest BCUT2D eigenvalue weighted by Crippen LogP contribution is 2.42. The number of imide groups is 1. The molecule has 2 aliphatic rings. The molecule has 1 aliphatic heterocycles. The van der Waals surface area contributed by atoms with Crippen LogP contribution in [0.5, 0.6) is 17.2 Å². The summed E-state index contributed by atoms with van der Waals surface area (Å²) in [4.78, 5) is 28.5. The van der Waals surface area contributed by atoms with Gasteiger partial charge in [-0.15, -0.1) is 0 Å². The number of ether oxygens (including phenoxy) is 3. The summed E-state index contributed by atoms with van der Waals surface area (Å²) in [6, 6.07) is 11.7. The molecule has 2 fully saturated rings. The maximum Gasteiger partial charge on any atom is 0.397 e. The molecule has 2 heterocycles. The second kappa shape index (κ2) is 13.4. The molecule has 3 amide bonds. The Morgan fingerprint density at radius 3 is 2.24 bits per heavy atom. The molecule has 242 valence electrons. The minimum atomic E-state index is -4.65. The van der Waals surface area contributed by atoms with Crippen LogP contribution in [0.4, 0.5) is 18.0 Å². The molecule has 0 spiro atoms. The third-order valence-electron chi connectivity index (χ3n) is 8.62. The zero-order chi connectivity index (χ0) is 32.3. The Balaban J connectivity index is 1.34. The molecule has 5 rings (SSSR count). The van der Waals surface area contributed by atoms with Gasteiger partial charge in [-0.1, -0.05) is 18.2 Å². The molecule has 0 bridgehead atoms. The van der Waals surface area contributed by atoms with E-state index in [0.717, 1.165) is 41.0 Å². The van der Waals surface area contributed by atoms with Gasteiger partial charge in [0.2, 0.25) is 11.7 Å². The number of para-hydroxylation sites is 1. The SMILES string of the molecule is COc1cc(CCN2C(=O)CCN(CC(c3c(C)nn(-c4ccccc4)c3C)C(F)(F)F)C2=O)cc(OC)c1OC1CCCC1. The van der Waals surface area contributed by atoms with Crippen molar-refractivity contribution in [2.24, 2.45) is 0 Å². The van der Waals surface area contributed by atoms with E-state index in [-0.39, 0.29) is 43.3 Å². The molecule has 1 saturated carbocycles. The highest BCUT2D eigenvalue weighted by molar-refractivity contribution is 5.96. The molecule has 2 aromatic carbocycles. The molecule has 0 N–H and O–H groups in total. The number of nitrogens with zero attached hydrogens (tertiary/aromatic N) is 4. The molecule has 1 atom stereocenters. The summed E-state index contributed by atoms with van der Waals surface area (Å²) in [5.74, 6) is -0.946. The van der Waals surface area contributed by atoms with Gasteiger partial charge in [0.1, 0.15) is 5.92 Å². The number of benzene rings is 2. The standard InChI is InChI=1S/C33H39F3N4O5/c1-21-30(22(2)40(37-21)24-10-6-5-7-11-24)26(33(34,35)36)20-38-16-15-29(41)39(32(38)42)17-14-23-18-27(43-3)31(28(19-23)44-4)45-25-12-8-9-13-25/h5-7,10-11,18-19,25-26H,8-9,12-17,20H2,1-4H3. The monoisotopic (exact) mass is 628 g/mol. The summed E-state index contributed by atoms with van der Waals surface area (Å²) in [5.41, 5.74) is 1.98. The number of halogens is 3. The number of aryl methyl sites for hydroxylation is 1. The molecule has 1 saturated heterocycles. The van der Waals surface area contributed by atoms with Gasteiger partial charge in [-0.3, -0.25) is 9.69 Å². The van der Waals surface area contributed by atoms with E-state index in [0.29, 0.717) is 28.6 Å². The largest absolute Gasteiger partial charge is 0.493 e. The highest BCUT2D eigenvalue weighted by Gasteiger charge is 2.46. The fraction of sp³-hybridized carbons (Fsp3) is 0.485. The molecule has 9 nitrogen and oxygen atoms in total. The van der Waals surface area contributed by atoms with Crippen molar-refractivity contribution in [1.29, 1.82) is 0 Å². The first kappa shape index (κ1) is 32.2. The number of aromatic nitrogens is 2. The predicted molar refractivity (Wildman–Crippen MR) is 161 cm³/mol. The second-order valence-electron chi connectivity index (χ2n) is 11.6. The maximum absolute atomic E-state index is 14.6. The fourth-order valence-electron chi connectivity index (χ4n) is 6.30. The van der Waals surface area contributed by atoms with E-state index in [1.807, 2.05) is 6.07 Å². The van der Waals surface area contributed by atoms with Crippen LogP contribution in [-0.4, -0.2) is 77.7 Å². The third kappa shape index (κ3) is 6.89.